The van der Waals surface area contributed by atoms with Crippen LogP contribution in [0.4, 0.5) is 34.1 Å². The minimum Gasteiger partial charge on any atom is -0.310 e. The summed E-state index contributed by atoms with van der Waals surface area (Å²) in [5.41, 5.74) is 9.63. The maximum atomic E-state index is 12.1. The molecule has 0 bridgehead atoms. The van der Waals surface area contributed by atoms with Gasteiger partial charge in [0.25, 0.3) is 0 Å². The van der Waals surface area contributed by atoms with Crippen molar-refractivity contribution in [1.29, 1.82) is 0 Å². The van der Waals surface area contributed by atoms with E-state index in [4.69, 9.17) is 0 Å². The SMILES string of the molecule is Cc1cc(N(c2ccccc2)c2ccccc2)ccc1CSc1cc(N(c2ccccc2)c2ccccc2)ccc1C=O. The van der Waals surface area contributed by atoms with Gasteiger partial charge in [-0.3, -0.25) is 4.79 Å². The van der Waals surface area contributed by atoms with Gasteiger partial charge in [0, 0.05) is 50.3 Å². The van der Waals surface area contributed by atoms with Crippen LogP contribution in [0.25, 0.3) is 0 Å². The second-order valence-corrected chi connectivity index (χ2v) is 11.3. The number of carbonyl (C=O) groups excluding carboxylic acids is 1. The van der Waals surface area contributed by atoms with E-state index in [1.165, 1.54) is 11.1 Å². The second-order valence-electron chi connectivity index (χ2n) is 10.3. The number of thioether (sulfide) groups is 1. The van der Waals surface area contributed by atoms with Crippen molar-refractivity contribution < 1.29 is 4.79 Å². The smallest absolute Gasteiger partial charge is 0.151 e. The van der Waals surface area contributed by atoms with Crippen molar-refractivity contribution in [2.24, 2.45) is 0 Å². The highest BCUT2D eigenvalue weighted by Gasteiger charge is 2.16. The van der Waals surface area contributed by atoms with Gasteiger partial charge < -0.3 is 9.80 Å². The van der Waals surface area contributed by atoms with Crippen molar-refractivity contribution in [3.63, 3.8) is 0 Å². The van der Waals surface area contributed by atoms with Gasteiger partial charge in [0.05, 0.1) is 0 Å². The zero-order valence-corrected chi connectivity index (χ0v) is 24.8. The zero-order valence-electron chi connectivity index (χ0n) is 24.0. The molecule has 6 aromatic rings. The van der Waals surface area contributed by atoms with Crippen LogP contribution < -0.4 is 9.80 Å². The van der Waals surface area contributed by atoms with Crippen LogP contribution >= 0.6 is 11.8 Å². The van der Waals surface area contributed by atoms with Gasteiger partial charge in [-0.25, -0.2) is 0 Å². The molecule has 6 aromatic carbocycles. The van der Waals surface area contributed by atoms with Crippen molar-refractivity contribution in [2.45, 2.75) is 17.6 Å². The molecule has 0 aromatic heterocycles. The Morgan fingerprint density at radius 1 is 0.512 bits per heavy atom. The van der Waals surface area contributed by atoms with Gasteiger partial charge in [-0.2, -0.15) is 0 Å². The van der Waals surface area contributed by atoms with Gasteiger partial charge in [0.1, 0.15) is 0 Å². The van der Waals surface area contributed by atoms with Crippen molar-refractivity contribution in [3.8, 4) is 0 Å². The fourth-order valence-electron chi connectivity index (χ4n) is 5.22. The summed E-state index contributed by atoms with van der Waals surface area (Å²) in [6, 6.07) is 54.3. The largest absolute Gasteiger partial charge is 0.310 e. The van der Waals surface area contributed by atoms with Crippen LogP contribution in [0, 0.1) is 6.92 Å². The number of aryl methyl sites for hydroxylation is 1. The van der Waals surface area contributed by atoms with E-state index in [2.05, 4.69) is 114 Å². The van der Waals surface area contributed by atoms with Gasteiger partial charge in [-0.1, -0.05) is 78.9 Å². The van der Waals surface area contributed by atoms with Crippen LogP contribution in [-0.4, -0.2) is 6.29 Å². The predicted molar refractivity (Wildman–Crippen MR) is 182 cm³/mol. The number of hydrogen-bond acceptors (Lipinski definition) is 4. The average molecular weight is 577 g/mol. The minimum atomic E-state index is 0.698. The van der Waals surface area contributed by atoms with Crippen molar-refractivity contribution in [3.05, 3.63) is 174 Å². The molecule has 0 N–H and O–H groups in total. The molecule has 0 heterocycles. The molecule has 6 rings (SSSR count). The summed E-state index contributed by atoms with van der Waals surface area (Å²) in [5, 5.41) is 0. The molecule has 0 spiro atoms. The van der Waals surface area contributed by atoms with E-state index in [0.717, 1.165) is 51.1 Å². The maximum absolute atomic E-state index is 12.1. The molecule has 0 saturated heterocycles. The number of nitrogens with zero attached hydrogens (tertiary/aromatic N) is 2. The summed E-state index contributed by atoms with van der Waals surface area (Å²) in [4.78, 5) is 17.5. The lowest BCUT2D eigenvalue weighted by Gasteiger charge is -2.26. The summed E-state index contributed by atoms with van der Waals surface area (Å²) in [6.07, 6.45) is 0.953. The Bertz CT molecular complexity index is 1710. The molecule has 0 radical (unpaired) electrons. The van der Waals surface area contributed by atoms with E-state index in [0.29, 0.717) is 5.56 Å². The molecule has 0 saturated carbocycles. The van der Waals surface area contributed by atoms with Crippen LogP contribution in [0.5, 0.6) is 0 Å². The van der Waals surface area contributed by atoms with E-state index >= 15 is 0 Å². The Hall–Kier alpha value is -5.06. The molecule has 0 aliphatic rings. The number of anilines is 6. The number of benzene rings is 6. The monoisotopic (exact) mass is 576 g/mol. The average Bonchev–Trinajstić information content (AvgIpc) is 3.07. The third kappa shape index (κ3) is 6.40. The molecule has 4 heteroatoms. The summed E-state index contributed by atoms with van der Waals surface area (Å²) in [5.74, 6) is 0.754. The normalized spacial score (nSPS) is 10.7. The number of aldehydes is 1. The molecular formula is C39H32N2OS. The molecule has 0 aliphatic heterocycles. The highest BCUT2D eigenvalue weighted by Crippen LogP contribution is 2.39. The molecule has 0 amide bonds. The Morgan fingerprint density at radius 2 is 0.930 bits per heavy atom. The van der Waals surface area contributed by atoms with Crippen LogP contribution in [0.15, 0.2) is 163 Å². The minimum absolute atomic E-state index is 0.698. The Balaban J connectivity index is 1.29. The third-order valence-corrected chi connectivity index (χ3v) is 8.53. The molecular weight excluding hydrogens is 545 g/mol. The molecule has 0 fully saturated rings. The maximum Gasteiger partial charge on any atom is 0.151 e. The van der Waals surface area contributed by atoms with Crippen LogP contribution in [0.1, 0.15) is 21.5 Å². The fraction of sp³-hybridized carbons (Fsp3) is 0.0513. The van der Waals surface area contributed by atoms with E-state index in [1.807, 2.05) is 60.7 Å². The van der Waals surface area contributed by atoms with E-state index in [9.17, 15) is 4.79 Å². The van der Waals surface area contributed by atoms with Crippen molar-refractivity contribution >= 4 is 52.2 Å². The summed E-state index contributed by atoms with van der Waals surface area (Å²) >= 11 is 1.70. The predicted octanol–water partition coefficient (Wildman–Crippen LogP) is 11.0. The molecule has 0 atom stereocenters. The third-order valence-electron chi connectivity index (χ3n) is 7.41. The molecule has 3 nitrogen and oxygen atoms in total. The van der Waals surface area contributed by atoms with Gasteiger partial charge >= 0.3 is 0 Å². The number of hydrogen-bond donors (Lipinski definition) is 0. The zero-order chi connectivity index (χ0) is 29.4. The summed E-state index contributed by atoms with van der Waals surface area (Å²) in [7, 11) is 0. The number of para-hydroxylation sites is 4. The van der Waals surface area contributed by atoms with Crippen LogP contribution in [0.2, 0.25) is 0 Å². The van der Waals surface area contributed by atoms with Gasteiger partial charge in [-0.15, -0.1) is 11.8 Å². The first-order valence-electron chi connectivity index (χ1n) is 14.3. The molecule has 210 valence electrons. The Morgan fingerprint density at radius 3 is 1.35 bits per heavy atom. The first kappa shape index (κ1) is 28.1. The number of carbonyl (C=O) groups is 1. The van der Waals surface area contributed by atoms with E-state index < -0.39 is 0 Å². The summed E-state index contributed by atoms with van der Waals surface area (Å²) in [6.45, 7) is 2.16. The first-order valence-corrected chi connectivity index (χ1v) is 15.3. The van der Waals surface area contributed by atoms with Gasteiger partial charge in [0.15, 0.2) is 6.29 Å². The van der Waals surface area contributed by atoms with Crippen molar-refractivity contribution in [2.75, 3.05) is 9.80 Å². The number of rotatable bonds is 10. The van der Waals surface area contributed by atoms with Crippen LogP contribution in [-0.2, 0) is 5.75 Å². The lowest BCUT2D eigenvalue weighted by Crippen LogP contribution is -2.10. The molecule has 43 heavy (non-hydrogen) atoms. The molecule has 0 aliphatic carbocycles. The lowest BCUT2D eigenvalue weighted by atomic mass is 10.1. The first-order chi connectivity index (χ1) is 21.2. The Kier molecular flexibility index (Phi) is 8.67. The van der Waals surface area contributed by atoms with Gasteiger partial charge in [0.2, 0.25) is 0 Å². The standard InChI is InChI=1S/C39H32N2OS/c1-30-26-37(40(33-14-6-2-7-15-33)34-16-8-3-9-17-34)25-23-32(30)29-43-39-27-38(24-22-31(39)28-42)41(35-18-10-4-11-19-35)36-20-12-5-13-21-36/h2-28H,29H2,1H3. The highest BCUT2D eigenvalue weighted by molar-refractivity contribution is 7.98. The Labute approximate surface area is 258 Å². The van der Waals surface area contributed by atoms with Gasteiger partial charge in [-0.05, 0) is 96.9 Å². The highest BCUT2D eigenvalue weighted by atomic mass is 32.2. The lowest BCUT2D eigenvalue weighted by molar-refractivity contribution is 0.112. The summed E-state index contributed by atoms with van der Waals surface area (Å²) < 4.78 is 0. The second kappa shape index (κ2) is 13.3. The quantitative estimate of drug-likeness (QED) is 0.120. The van der Waals surface area contributed by atoms with Crippen LogP contribution in [0.3, 0.4) is 0 Å². The molecule has 0 unspecified atom stereocenters. The fourth-order valence-corrected chi connectivity index (χ4v) is 6.35. The topological polar surface area (TPSA) is 23.6 Å². The van der Waals surface area contributed by atoms with E-state index in [-0.39, 0.29) is 0 Å². The van der Waals surface area contributed by atoms with Crippen molar-refractivity contribution in [1.82, 2.24) is 0 Å². The van der Waals surface area contributed by atoms with E-state index in [1.54, 1.807) is 11.8 Å².